The average Bonchev–Trinajstić information content (AvgIpc) is 2.34. The van der Waals surface area contributed by atoms with Gasteiger partial charge in [0.15, 0.2) is 0 Å². The second-order valence-electron chi connectivity index (χ2n) is 5.03. The fourth-order valence-electron chi connectivity index (χ4n) is 1.52. The van der Waals surface area contributed by atoms with E-state index in [9.17, 15) is 4.39 Å². The molecule has 0 aromatic heterocycles. The summed E-state index contributed by atoms with van der Waals surface area (Å²) in [6, 6.07) is 3.91. The summed E-state index contributed by atoms with van der Waals surface area (Å²) in [5, 5.41) is 18.0. The molecule has 0 saturated heterocycles. The molecule has 0 spiro atoms. The van der Waals surface area contributed by atoms with Crippen LogP contribution >= 0.6 is 0 Å². The first-order valence-electron chi connectivity index (χ1n) is 6.12. The minimum absolute atomic E-state index is 0.121. The molecule has 0 amide bonds. The zero-order chi connectivity index (χ0) is 14.5. The summed E-state index contributed by atoms with van der Waals surface area (Å²) < 4.78 is 23.9. The molecule has 1 aromatic rings. The average molecular weight is 270 g/mol. The van der Waals surface area contributed by atoms with Gasteiger partial charge in [0.25, 0.3) is 0 Å². The minimum atomic E-state index is -1.68. The molecule has 2 N–H and O–H groups in total. The first-order valence-corrected chi connectivity index (χ1v) is 6.12. The highest BCUT2D eigenvalue weighted by Gasteiger charge is 2.16. The predicted octanol–water partition coefficient (Wildman–Crippen LogP) is 0.837. The third kappa shape index (κ3) is 5.69. The van der Waals surface area contributed by atoms with Gasteiger partial charge in [-0.05, 0) is 43.4 Å². The Kier molecular flexibility index (Phi) is 5.94. The van der Waals surface area contributed by atoms with Gasteiger partial charge in [0, 0.05) is 13.7 Å². The van der Waals surface area contributed by atoms with Crippen molar-refractivity contribution in [2.24, 2.45) is 0 Å². The Bertz CT molecular complexity index is 410. The molecule has 1 rings (SSSR count). The molecule has 0 saturated carbocycles. The lowest BCUT2D eigenvalue weighted by Crippen LogP contribution is -2.30. The van der Waals surface area contributed by atoms with Crippen molar-refractivity contribution in [1.82, 2.24) is 0 Å². The van der Waals surface area contributed by atoms with Gasteiger partial charge in [0.1, 0.15) is 5.82 Å². The Labute approximate surface area is 113 Å². The lowest BCUT2D eigenvalue weighted by molar-refractivity contribution is -0.0124. The molecule has 0 aliphatic carbocycles. The highest BCUT2D eigenvalue weighted by atomic mass is 19.1. The van der Waals surface area contributed by atoms with Crippen LogP contribution in [-0.4, -0.2) is 36.5 Å². The third-order valence-electron chi connectivity index (χ3n) is 2.95. The molecule has 6 heteroatoms. The number of benzene rings is 1. The van der Waals surface area contributed by atoms with E-state index in [4.69, 9.17) is 19.5 Å². The molecule has 0 fully saturated rings. The minimum Gasteiger partial charge on any atom is -0.423 e. The highest BCUT2D eigenvalue weighted by molar-refractivity contribution is 6.58. The number of methoxy groups -OCH3 is 1. The molecule has 1 aromatic carbocycles. The first-order chi connectivity index (χ1) is 8.84. The smallest absolute Gasteiger partial charge is 0.423 e. The van der Waals surface area contributed by atoms with Crippen molar-refractivity contribution in [3.05, 3.63) is 29.6 Å². The molecule has 4 nitrogen and oxygen atoms in total. The monoisotopic (exact) mass is 270 g/mol. The van der Waals surface area contributed by atoms with Gasteiger partial charge in [-0.15, -0.1) is 0 Å². The summed E-state index contributed by atoms with van der Waals surface area (Å²) in [5.41, 5.74) is 0.433. The lowest BCUT2D eigenvalue weighted by atomic mass is 9.79. The number of hydrogen-bond donors (Lipinski definition) is 2. The Morgan fingerprint density at radius 2 is 1.95 bits per heavy atom. The zero-order valence-electron chi connectivity index (χ0n) is 11.5. The third-order valence-corrected chi connectivity index (χ3v) is 2.95. The fourth-order valence-corrected chi connectivity index (χ4v) is 1.52. The molecule has 0 unspecified atom stereocenters. The van der Waals surface area contributed by atoms with E-state index in [0.29, 0.717) is 18.6 Å². The summed E-state index contributed by atoms with van der Waals surface area (Å²) in [6.45, 7) is 4.61. The largest absolute Gasteiger partial charge is 0.488 e. The van der Waals surface area contributed by atoms with Gasteiger partial charge in [0.05, 0.1) is 12.2 Å². The van der Waals surface area contributed by atoms with Crippen LogP contribution in [0.5, 0.6) is 0 Å². The second-order valence-corrected chi connectivity index (χ2v) is 5.03. The molecular weight excluding hydrogens is 250 g/mol. The van der Waals surface area contributed by atoms with Crippen molar-refractivity contribution in [1.29, 1.82) is 0 Å². The Hall–Kier alpha value is -0.945. The maximum absolute atomic E-state index is 13.2. The normalized spacial score (nSPS) is 11.7. The molecule has 0 radical (unpaired) electrons. The summed E-state index contributed by atoms with van der Waals surface area (Å²) >= 11 is 0. The van der Waals surface area contributed by atoms with Gasteiger partial charge in [0.2, 0.25) is 0 Å². The van der Waals surface area contributed by atoms with Gasteiger partial charge in [-0.2, -0.15) is 0 Å². The van der Waals surface area contributed by atoms with Crippen molar-refractivity contribution in [2.75, 3.05) is 13.7 Å². The molecule has 0 aliphatic rings. The maximum atomic E-state index is 13.2. The van der Waals surface area contributed by atoms with Gasteiger partial charge in [-0.25, -0.2) is 4.39 Å². The van der Waals surface area contributed by atoms with Crippen molar-refractivity contribution >= 4 is 12.6 Å². The van der Waals surface area contributed by atoms with Crippen molar-refractivity contribution in [2.45, 2.75) is 32.5 Å². The van der Waals surface area contributed by atoms with Crippen LogP contribution in [0.4, 0.5) is 4.39 Å². The van der Waals surface area contributed by atoms with E-state index >= 15 is 0 Å². The quantitative estimate of drug-likeness (QED) is 0.569. The van der Waals surface area contributed by atoms with E-state index in [0.717, 1.165) is 6.07 Å². The second kappa shape index (κ2) is 7.00. The molecule has 19 heavy (non-hydrogen) atoms. The van der Waals surface area contributed by atoms with E-state index in [1.807, 2.05) is 13.8 Å². The van der Waals surface area contributed by atoms with E-state index in [1.165, 1.54) is 12.1 Å². The molecule has 0 atom stereocenters. The van der Waals surface area contributed by atoms with Crippen LogP contribution < -0.4 is 5.46 Å². The summed E-state index contributed by atoms with van der Waals surface area (Å²) in [5.74, 6) is -0.513. The van der Waals surface area contributed by atoms with Gasteiger partial charge >= 0.3 is 7.12 Å². The highest BCUT2D eigenvalue weighted by Crippen LogP contribution is 2.13. The van der Waals surface area contributed by atoms with Crippen molar-refractivity contribution < 1.29 is 23.9 Å². The number of halogens is 1. The van der Waals surface area contributed by atoms with Gasteiger partial charge in [-0.1, -0.05) is 6.07 Å². The van der Waals surface area contributed by atoms with E-state index in [-0.39, 0.29) is 17.7 Å². The standard InChI is InChI=1S/C13H20BFO4/c1-13(2,18-3)4-5-19-9-10-6-11(14(16)17)8-12(15)7-10/h6-8,16-17H,4-5,9H2,1-3H3. The summed E-state index contributed by atoms with van der Waals surface area (Å²) in [7, 11) is -0.0385. The van der Waals surface area contributed by atoms with Crippen LogP contribution in [0.25, 0.3) is 0 Å². The van der Waals surface area contributed by atoms with Crippen LogP contribution in [0, 0.1) is 5.82 Å². The summed E-state index contributed by atoms with van der Waals surface area (Å²) in [4.78, 5) is 0. The van der Waals surface area contributed by atoms with Crippen LogP contribution in [0.2, 0.25) is 0 Å². The Morgan fingerprint density at radius 1 is 1.26 bits per heavy atom. The lowest BCUT2D eigenvalue weighted by Gasteiger charge is -2.22. The van der Waals surface area contributed by atoms with E-state index in [1.54, 1.807) is 7.11 Å². The van der Waals surface area contributed by atoms with Crippen LogP contribution in [0.3, 0.4) is 0 Å². The number of ether oxygens (including phenoxy) is 2. The van der Waals surface area contributed by atoms with E-state index < -0.39 is 12.9 Å². The van der Waals surface area contributed by atoms with Crippen LogP contribution in [0.1, 0.15) is 25.8 Å². The Morgan fingerprint density at radius 3 is 2.53 bits per heavy atom. The van der Waals surface area contributed by atoms with Crippen LogP contribution in [-0.2, 0) is 16.1 Å². The molecule has 106 valence electrons. The fraction of sp³-hybridized carbons (Fsp3) is 0.538. The predicted molar refractivity (Wildman–Crippen MR) is 71.6 cm³/mol. The van der Waals surface area contributed by atoms with E-state index in [2.05, 4.69) is 0 Å². The number of rotatable bonds is 7. The SMILES string of the molecule is COC(C)(C)CCOCc1cc(F)cc(B(O)O)c1. The topological polar surface area (TPSA) is 58.9 Å². The molecule has 0 heterocycles. The van der Waals surface area contributed by atoms with Crippen molar-refractivity contribution in [3.8, 4) is 0 Å². The molecule has 0 bridgehead atoms. The summed E-state index contributed by atoms with van der Waals surface area (Å²) in [6.07, 6.45) is 0.717. The number of hydrogen-bond acceptors (Lipinski definition) is 4. The van der Waals surface area contributed by atoms with Crippen LogP contribution in [0.15, 0.2) is 18.2 Å². The molecule has 0 aliphatic heterocycles. The van der Waals surface area contributed by atoms with Gasteiger partial charge < -0.3 is 19.5 Å². The first kappa shape index (κ1) is 16.1. The maximum Gasteiger partial charge on any atom is 0.488 e. The zero-order valence-corrected chi connectivity index (χ0v) is 11.5. The molecular formula is C13H20BFO4. The Balaban J connectivity index is 2.50. The van der Waals surface area contributed by atoms with Gasteiger partial charge in [-0.3, -0.25) is 0 Å². The van der Waals surface area contributed by atoms with Crippen molar-refractivity contribution in [3.63, 3.8) is 0 Å².